The Kier molecular flexibility index (Phi) is 5.25. The Labute approximate surface area is 117 Å². The number of amides is 1. The van der Waals surface area contributed by atoms with E-state index in [9.17, 15) is 4.79 Å². The van der Waals surface area contributed by atoms with Crippen LogP contribution in [0.1, 0.15) is 23.8 Å². The number of aromatic nitrogens is 2. The monoisotopic (exact) mass is 281 g/mol. The van der Waals surface area contributed by atoms with Crippen molar-refractivity contribution >= 4 is 5.91 Å². The maximum Gasteiger partial charge on any atom is 0.272 e. The van der Waals surface area contributed by atoms with Crippen molar-refractivity contribution < 1.29 is 19.0 Å². The predicted octanol–water partition coefficient (Wildman–Crippen LogP) is 0.409. The molecule has 1 N–H and O–H groups in total. The van der Waals surface area contributed by atoms with Crippen LogP contribution in [0.3, 0.4) is 0 Å². The third-order valence-electron chi connectivity index (χ3n) is 2.93. The van der Waals surface area contributed by atoms with Crippen molar-refractivity contribution in [2.45, 2.75) is 25.5 Å². The molecule has 2 rings (SSSR count). The van der Waals surface area contributed by atoms with E-state index in [1.54, 1.807) is 12.1 Å². The van der Waals surface area contributed by atoms with Crippen LogP contribution >= 0.6 is 0 Å². The van der Waals surface area contributed by atoms with Gasteiger partial charge in [0.15, 0.2) is 5.69 Å². The van der Waals surface area contributed by atoms with E-state index >= 15 is 0 Å². The molecular formula is C13H19N3O4. The number of nitrogens with zero attached hydrogens (tertiary/aromatic N) is 2. The highest BCUT2D eigenvalue weighted by molar-refractivity contribution is 5.92. The first-order valence-electron chi connectivity index (χ1n) is 6.57. The van der Waals surface area contributed by atoms with Gasteiger partial charge < -0.3 is 19.5 Å². The molecule has 20 heavy (non-hydrogen) atoms. The molecule has 110 valence electrons. The van der Waals surface area contributed by atoms with Gasteiger partial charge in [-0.1, -0.05) is 0 Å². The van der Waals surface area contributed by atoms with Crippen LogP contribution in [0.15, 0.2) is 12.1 Å². The van der Waals surface area contributed by atoms with E-state index in [1.165, 1.54) is 7.11 Å². The Bertz CT molecular complexity index is 432. The minimum absolute atomic E-state index is 0.105. The summed E-state index contributed by atoms with van der Waals surface area (Å²) in [5, 5.41) is 10.4. The third kappa shape index (κ3) is 4.14. The Morgan fingerprint density at radius 1 is 1.55 bits per heavy atom. The fourth-order valence-corrected chi connectivity index (χ4v) is 1.81. The molecule has 1 saturated heterocycles. The molecule has 0 bridgehead atoms. The van der Waals surface area contributed by atoms with Gasteiger partial charge in [-0.3, -0.25) is 4.79 Å². The number of nitrogens with one attached hydrogen (secondary N) is 1. The first kappa shape index (κ1) is 14.7. The van der Waals surface area contributed by atoms with Gasteiger partial charge in [0.1, 0.15) is 0 Å². The molecule has 1 aromatic rings. The Morgan fingerprint density at radius 2 is 2.40 bits per heavy atom. The fraction of sp³-hybridized carbons (Fsp3) is 0.615. The number of rotatable bonds is 6. The van der Waals surface area contributed by atoms with Crippen LogP contribution in [-0.2, 0) is 9.47 Å². The van der Waals surface area contributed by atoms with Crippen molar-refractivity contribution in [1.29, 1.82) is 0 Å². The van der Waals surface area contributed by atoms with Gasteiger partial charge in [-0.25, -0.2) is 0 Å². The van der Waals surface area contributed by atoms with Crippen LogP contribution in [-0.4, -0.2) is 55.2 Å². The van der Waals surface area contributed by atoms with Gasteiger partial charge in [-0.2, -0.15) is 0 Å². The maximum atomic E-state index is 11.9. The minimum atomic E-state index is -0.279. The summed E-state index contributed by atoms with van der Waals surface area (Å²) >= 11 is 0. The Morgan fingerprint density at radius 3 is 3.00 bits per heavy atom. The van der Waals surface area contributed by atoms with E-state index in [-0.39, 0.29) is 23.7 Å². The van der Waals surface area contributed by atoms with Crippen molar-refractivity contribution in [3.63, 3.8) is 0 Å². The van der Waals surface area contributed by atoms with Crippen LogP contribution in [0.2, 0.25) is 0 Å². The lowest BCUT2D eigenvalue weighted by Gasteiger charge is -2.16. The average molecular weight is 281 g/mol. The van der Waals surface area contributed by atoms with Gasteiger partial charge in [0.25, 0.3) is 5.91 Å². The number of carbonyl (C=O) groups is 1. The smallest absolute Gasteiger partial charge is 0.272 e. The number of methoxy groups -OCH3 is 1. The predicted molar refractivity (Wildman–Crippen MR) is 70.7 cm³/mol. The van der Waals surface area contributed by atoms with Gasteiger partial charge in [0, 0.05) is 18.7 Å². The average Bonchev–Trinajstić information content (AvgIpc) is 2.98. The topological polar surface area (TPSA) is 82.6 Å². The first-order chi connectivity index (χ1) is 9.69. The second-order valence-electron chi connectivity index (χ2n) is 4.65. The van der Waals surface area contributed by atoms with Crippen molar-refractivity contribution in [3.05, 3.63) is 17.8 Å². The number of hydrogen-bond acceptors (Lipinski definition) is 6. The molecule has 1 aliphatic rings. The number of ether oxygens (including phenoxy) is 3. The maximum absolute atomic E-state index is 11.9. The fourth-order valence-electron chi connectivity index (χ4n) is 1.81. The van der Waals surface area contributed by atoms with Crippen LogP contribution < -0.4 is 10.1 Å². The number of carbonyl (C=O) groups excluding carboxylic acids is 1. The van der Waals surface area contributed by atoms with Crippen molar-refractivity contribution in [1.82, 2.24) is 15.5 Å². The van der Waals surface area contributed by atoms with Crippen molar-refractivity contribution in [2.75, 3.05) is 26.9 Å². The summed E-state index contributed by atoms with van der Waals surface area (Å²) in [5.41, 5.74) is 0.252. The molecule has 2 atom stereocenters. The molecule has 2 heterocycles. The van der Waals surface area contributed by atoms with Gasteiger partial charge in [-0.05, 0) is 19.4 Å². The van der Waals surface area contributed by atoms with E-state index in [0.29, 0.717) is 19.1 Å². The van der Waals surface area contributed by atoms with E-state index in [0.717, 1.165) is 13.0 Å². The Balaban J connectivity index is 1.77. The van der Waals surface area contributed by atoms with E-state index < -0.39 is 0 Å². The Hall–Kier alpha value is -1.73. The number of hydrogen-bond donors (Lipinski definition) is 1. The van der Waals surface area contributed by atoms with E-state index in [1.807, 2.05) is 6.92 Å². The van der Waals surface area contributed by atoms with Crippen LogP contribution in [0.25, 0.3) is 0 Å². The summed E-state index contributed by atoms with van der Waals surface area (Å²) in [5.74, 6) is 0.0955. The highest BCUT2D eigenvalue weighted by atomic mass is 16.5. The first-order valence-corrected chi connectivity index (χ1v) is 6.57. The van der Waals surface area contributed by atoms with E-state index in [2.05, 4.69) is 15.5 Å². The summed E-state index contributed by atoms with van der Waals surface area (Å²) in [6.07, 6.45) is 1.04. The van der Waals surface area contributed by atoms with Crippen molar-refractivity contribution in [2.24, 2.45) is 0 Å². The van der Waals surface area contributed by atoms with Crippen molar-refractivity contribution in [3.8, 4) is 5.88 Å². The summed E-state index contributed by atoms with van der Waals surface area (Å²) in [7, 11) is 1.50. The molecule has 0 saturated carbocycles. The van der Waals surface area contributed by atoms with Gasteiger partial charge in [0.05, 0.1) is 26.4 Å². The zero-order chi connectivity index (χ0) is 14.4. The SMILES string of the molecule is COc1ccc(C(=O)NC(C)COC2CCOC2)nn1. The molecule has 1 fully saturated rings. The standard InChI is InChI=1S/C13H19N3O4/c1-9(7-20-10-5-6-19-8-10)14-13(17)11-3-4-12(18-2)16-15-11/h3-4,9-10H,5-8H2,1-2H3,(H,14,17). The molecule has 7 nitrogen and oxygen atoms in total. The van der Waals surface area contributed by atoms with E-state index in [4.69, 9.17) is 14.2 Å². The molecule has 7 heteroatoms. The van der Waals surface area contributed by atoms with Crippen LogP contribution in [0.4, 0.5) is 0 Å². The third-order valence-corrected chi connectivity index (χ3v) is 2.93. The van der Waals surface area contributed by atoms with Gasteiger partial charge in [0.2, 0.25) is 5.88 Å². The molecule has 0 spiro atoms. The second-order valence-corrected chi connectivity index (χ2v) is 4.65. The molecule has 1 amide bonds. The second kappa shape index (κ2) is 7.16. The lowest BCUT2D eigenvalue weighted by molar-refractivity contribution is 0.0318. The van der Waals surface area contributed by atoms with Gasteiger partial charge >= 0.3 is 0 Å². The lowest BCUT2D eigenvalue weighted by atomic mass is 10.3. The molecule has 0 radical (unpaired) electrons. The molecule has 0 aromatic carbocycles. The summed E-state index contributed by atoms with van der Waals surface area (Å²) < 4.78 is 15.7. The molecular weight excluding hydrogens is 262 g/mol. The summed E-state index contributed by atoms with van der Waals surface area (Å²) in [6.45, 7) is 3.70. The minimum Gasteiger partial charge on any atom is -0.480 e. The normalized spacial score (nSPS) is 19.6. The molecule has 1 aromatic heterocycles. The largest absolute Gasteiger partial charge is 0.480 e. The summed E-state index contributed by atoms with van der Waals surface area (Å²) in [6, 6.07) is 3.06. The van der Waals surface area contributed by atoms with Crippen LogP contribution in [0, 0.1) is 0 Å². The lowest BCUT2D eigenvalue weighted by Crippen LogP contribution is -2.37. The highest BCUT2D eigenvalue weighted by Gasteiger charge is 2.18. The molecule has 2 unspecified atom stereocenters. The van der Waals surface area contributed by atoms with Gasteiger partial charge in [-0.15, -0.1) is 10.2 Å². The highest BCUT2D eigenvalue weighted by Crippen LogP contribution is 2.08. The quantitative estimate of drug-likeness (QED) is 0.813. The summed E-state index contributed by atoms with van der Waals surface area (Å²) in [4.78, 5) is 11.9. The molecule has 0 aliphatic carbocycles. The molecule has 1 aliphatic heterocycles. The zero-order valence-electron chi connectivity index (χ0n) is 11.7. The van der Waals surface area contributed by atoms with Crippen LogP contribution in [0.5, 0.6) is 5.88 Å². The zero-order valence-corrected chi connectivity index (χ0v) is 11.7.